The van der Waals surface area contributed by atoms with E-state index >= 15 is 0 Å². The second-order valence-electron chi connectivity index (χ2n) is 3.00. The number of hydrogen-bond acceptors (Lipinski definition) is 2. The van der Waals surface area contributed by atoms with Crippen molar-refractivity contribution in [3.8, 4) is 0 Å². The van der Waals surface area contributed by atoms with Gasteiger partial charge in [-0.15, -0.1) is 18.3 Å². The van der Waals surface area contributed by atoms with Crippen LogP contribution in [0.1, 0.15) is 26.7 Å². The average Bonchev–Trinajstić information content (AvgIpc) is 1.99. The number of allylic oxidation sites excluding steroid dienone is 1. The molecule has 0 heterocycles. The van der Waals surface area contributed by atoms with Crippen molar-refractivity contribution in [3.05, 3.63) is 12.7 Å². The van der Waals surface area contributed by atoms with Crippen LogP contribution in [-0.4, -0.2) is 16.8 Å². The molecule has 0 amide bonds. The summed E-state index contributed by atoms with van der Waals surface area (Å²) >= 11 is 1.70. The maximum absolute atomic E-state index is 10.4. The van der Waals surface area contributed by atoms with Crippen LogP contribution in [0.5, 0.6) is 0 Å². The number of unbranched alkanes of at least 4 members (excludes halogenated alkanes) is 1. The van der Waals surface area contributed by atoms with Crippen molar-refractivity contribution in [2.45, 2.75) is 31.4 Å². The molecule has 0 aromatic heterocycles. The predicted molar refractivity (Wildman–Crippen MR) is 52.0 cm³/mol. The van der Waals surface area contributed by atoms with E-state index in [1.165, 1.54) is 0 Å². The summed E-state index contributed by atoms with van der Waals surface area (Å²) in [5, 5.41) is 0. The maximum Gasteiger partial charge on any atom is 0.135 e. The van der Waals surface area contributed by atoms with E-state index in [4.69, 9.17) is 0 Å². The summed E-state index contributed by atoms with van der Waals surface area (Å²) in [6.45, 7) is 7.52. The van der Waals surface area contributed by atoms with Gasteiger partial charge in [0.05, 0.1) is 4.75 Å². The SMILES string of the molecule is C=CCCCSC(C)(C)C=O. The number of carbonyl (C=O) groups excluding carboxylic acids is 1. The summed E-state index contributed by atoms with van der Waals surface area (Å²) < 4.78 is -0.207. The van der Waals surface area contributed by atoms with Gasteiger partial charge in [0, 0.05) is 0 Å². The molecule has 0 spiro atoms. The standard InChI is InChI=1S/C9H16OS/c1-4-5-6-7-11-9(2,3)8-10/h4,8H,1,5-7H2,2-3H3. The third kappa shape index (κ3) is 6.17. The second-order valence-corrected chi connectivity index (χ2v) is 4.75. The number of carbonyl (C=O) groups is 1. The molecule has 1 nitrogen and oxygen atoms in total. The molecule has 0 aliphatic heterocycles. The third-order valence-electron chi connectivity index (χ3n) is 1.31. The van der Waals surface area contributed by atoms with Gasteiger partial charge in [-0.2, -0.15) is 0 Å². The third-order valence-corrected chi connectivity index (χ3v) is 2.64. The van der Waals surface area contributed by atoms with Crippen LogP contribution in [0.3, 0.4) is 0 Å². The van der Waals surface area contributed by atoms with E-state index in [9.17, 15) is 4.79 Å². The van der Waals surface area contributed by atoms with E-state index in [2.05, 4.69) is 6.58 Å². The fourth-order valence-corrected chi connectivity index (χ4v) is 1.50. The number of aldehydes is 1. The number of thioether (sulfide) groups is 1. The first kappa shape index (κ1) is 10.8. The highest BCUT2D eigenvalue weighted by Crippen LogP contribution is 2.22. The zero-order valence-electron chi connectivity index (χ0n) is 7.30. The highest BCUT2D eigenvalue weighted by molar-refractivity contribution is 8.01. The van der Waals surface area contributed by atoms with Crippen LogP contribution >= 0.6 is 11.8 Å². The second kappa shape index (κ2) is 5.42. The quantitative estimate of drug-likeness (QED) is 0.348. The van der Waals surface area contributed by atoms with Gasteiger partial charge in [-0.25, -0.2) is 0 Å². The summed E-state index contributed by atoms with van der Waals surface area (Å²) in [6.07, 6.45) is 5.08. The van der Waals surface area contributed by atoms with Crippen molar-refractivity contribution < 1.29 is 4.79 Å². The average molecular weight is 172 g/mol. The highest BCUT2D eigenvalue weighted by atomic mass is 32.2. The summed E-state index contributed by atoms with van der Waals surface area (Å²) in [4.78, 5) is 10.4. The van der Waals surface area contributed by atoms with Crippen LogP contribution in [0.2, 0.25) is 0 Å². The first-order chi connectivity index (χ1) is 5.12. The largest absolute Gasteiger partial charge is 0.302 e. The Hall–Kier alpha value is -0.240. The molecule has 0 aromatic rings. The van der Waals surface area contributed by atoms with Crippen LogP contribution in [-0.2, 0) is 4.79 Å². The molecule has 0 aliphatic rings. The summed E-state index contributed by atoms with van der Waals surface area (Å²) in [5.41, 5.74) is 0. The summed E-state index contributed by atoms with van der Waals surface area (Å²) in [7, 11) is 0. The molecule has 0 fully saturated rings. The fraction of sp³-hybridized carbons (Fsp3) is 0.667. The number of hydrogen-bond donors (Lipinski definition) is 0. The Kier molecular flexibility index (Phi) is 5.30. The highest BCUT2D eigenvalue weighted by Gasteiger charge is 2.15. The Morgan fingerprint density at radius 1 is 1.55 bits per heavy atom. The molecule has 0 bridgehead atoms. The Morgan fingerprint density at radius 3 is 2.64 bits per heavy atom. The monoisotopic (exact) mass is 172 g/mol. The van der Waals surface area contributed by atoms with Gasteiger partial charge in [-0.1, -0.05) is 6.08 Å². The minimum Gasteiger partial charge on any atom is -0.302 e. The smallest absolute Gasteiger partial charge is 0.135 e. The maximum atomic E-state index is 10.4. The Bertz CT molecular complexity index is 130. The van der Waals surface area contributed by atoms with Crippen molar-refractivity contribution in [1.29, 1.82) is 0 Å². The first-order valence-corrected chi connectivity index (χ1v) is 4.82. The van der Waals surface area contributed by atoms with Gasteiger partial charge in [0.15, 0.2) is 0 Å². The van der Waals surface area contributed by atoms with Crippen LogP contribution < -0.4 is 0 Å². The molecule has 0 radical (unpaired) electrons. The van der Waals surface area contributed by atoms with Gasteiger partial charge in [0.1, 0.15) is 6.29 Å². The molecule has 2 heteroatoms. The van der Waals surface area contributed by atoms with Crippen LogP contribution in [0.15, 0.2) is 12.7 Å². The summed E-state index contributed by atoms with van der Waals surface area (Å²) in [5.74, 6) is 1.04. The van der Waals surface area contributed by atoms with Crippen LogP contribution in [0.4, 0.5) is 0 Å². The molecule has 0 aromatic carbocycles. The Morgan fingerprint density at radius 2 is 2.18 bits per heavy atom. The molecule has 0 aliphatic carbocycles. The molecule has 0 N–H and O–H groups in total. The predicted octanol–water partition coefficient (Wildman–Crippen LogP) is 2.66. The minimum absolute atomic E-state index is 0.207. The molecule has 0 saturated heterocycles. The van der Waals surface area contributed by atoms with Gasteiger partial charge in [0.25, 0.3) is 0 Å². The van der Waals surface area contributed by atoms with Crippen LogP contribution in [0.25, 0.3) is 0 Å². The van der Waals surface area contributed by atoms with Crippen molar-refractivity contribution >= 4 is 18.0 Å². The molecule has 0 unspecified atom stereocenters. The Labute approximate surface area is 73.3 Å². The van der Waals surface area contributed by atoms with Crippen molar-refractivity contribution in [3.63, 3.8) is 0 Å². The van der Waals surface area contributed by atoms with E-state index in [0.717, 1.165) is 24.9 Å². The zero-order valence-corrected chi connectivity index (χ0v) is 8.12. The van der Waals surface area contributed by atoms with Gasteiger partial charge < -0.3 is 4.79 Å². The van der Waals surface area contributed by atoms with Crippen LogP contribution in [0, 0.1) is 0 Å². The molecule has 0 rings (SSSR count). The Balaban J connectivity index is 3.37. The van der Waals surface area contributed by atoms with E-state index in [-0.39, 0.29) is 4.75 Å². The van der Waals surface area contributed by atoms with Gasteiger partial charge in [-0.3, -0.25) is 0 Å². The van der Waals surface area contributed by atoms with Crippen molar-refractivity contribution in [2.24, 2.45) is 0 Å². The minimum atomic E-state index is -0.207. The molecule has 64 valence electrons. The summed E-state index contributed by atoms with van der Waals surface area (Å²) in [6, 6.07) is 0. The zero-order chi connectivity index (χ0) is 8.74. The van der Waals surface area contributed by atoms with Gasteiger partial charge >= 0.3 is 0 Å². The van der Waals surface area contributed by atoms with E-state index in [1.54, 1.807) is 11.8 Å². The molecule has 11 heavy (non-hydrogen) atoms. The first-order valence-electron chi connectivity index (χ1n) is 3.83. The van der Waals surface area contributed by atoms with Crippen molar-refractivity contribution in [1.82, 2.24) is 0 Å². The van der Waals surface area contributed by atoms with Gasteiger partial charge in [-0.05, 0) is 32.4 Å². The fourth-order valence-electron chi connectivity index (χ4n) is 0.597. The van der Waals surface area contributed by atoms with E-state index < -0.39 is 0 Å². The van der Waals surface area contributed by atoms with Crippen molar-refractivity contribution in [2.75, 3.05) is 5.75 Å². The molecular formula is C9H16OS. The molecule has 0 saturated carbocycles. The lowest BCUT2D eigenvalue weighted by molar-refractivity contribution is -0.109. The van der Waals surface area contributed by atoms with E-state index in [1.807, 2.05) is 19.9 Å². The van der Waals surface area contributed by atoms with Gasteiger partial charge in [0.2, 0.25) is 0 Å². The lowest BCUT2D eigenvalue weighted by atomic mass is 10.2. The molecular weight excluding hydrogens is 156 g/mol. The topological polar surface area (TPSA) is 17.1 Å². The lowest BCUT2D eigenvalue weighted by Gasteiger charge is -2.14. The lowest BCUT2D eigenvalue weighted by Crippen LogP contribution is -2.16. The normalized spacial score (nSPS) is 11.1. The van der Waals surface area contributed by atoms with E-state index in [0.29, 0.717) is 0 Å². The molecule has 0 atom stereocenters. The number of rotatable bonds is 6.